The minimum Gasteiger partial charge on any atom is -0.277 e. The zero-order valence-corrected chi connectivity index (χ0v) is 20.5. The first-order chi connectivity index (χ1) is 14.1. The molecule has 162 valence electrons. The highest BCUT2D eigenvalue weighted by molar-refractivity contribution is 5.59. The Morgan fingerprint density at radius 3 is 1.66 bits per heavy atom. The minimum absolute atomic E-state index is 0.0765. The fraction of sp³-hybridized carbons (Fsp3) is 0.370. The molecule has 0 aliphatic rings. The molecule has 0 aliphatic carbocycles. The summed E-state index contributed by atoms with van der Waals surface area (Å²) < 4.78 is 1.70. The van der Waals surface area contributed by atoms with E-state index < -0.39 is 0 Å². The van der Waals surface area contributed by atoms with Gasteiger partial charge in [0.1, 0.15) is 0 Å². The van der Waals surface area contributed by atoms with Crippen LogP contribution in [0.15, 0.2) is 48.3 Å². The standard InChI is InChI=1S/C21H25NO.3C2H6/c1-7-13-15-16(9-3)22-20(12-6)18(11-5)17(10-4)19(14-8-2)21(22)23;3*1-2/h7-15H,2-3H2,1,4-6H3;3*1-2H3/b13-7-,16-15+,17-10-,18-11-,19-14+,20-12+;;;. The molecule has 1 aromatic heterocycles. The van der Waals surface area contributed by atoms with E-state index in [2.05, 4.69) is 13.2 Å². The second kappa shape index (κ2) is 20.1. The first-order valence-electron chi connectivity index (χ1n) is 10.7. The van der Waals surface area contributed by atoms with Gasteiger partial charge in [0.15, 0.2) is 0 Å². The molecule has 0 aromatic carbocycles. The fourth-order valence-corrected chi connectivity index (χ4v) is 2.61. The zero-order chi connectivity index (χ0) is 23.4. The Labute approximate surface area is 179 Å². The molecule has 0 saturated heterocycles. The van der Waals surface area contributed by atoms with Gasteiger partial charge in [-0.05, 0) is 51.1 Å². The molecule has 2 heteroatoms. The van der Waals surface area contributed by atoms with E-state index in [1.807, 2.05) is 106 Å². The van der Waals surface area contributed by atoms with E-state index in [1.165, 1.54) is 0 Å². The van der Waals surface area contributed by atoms with Gasteiger partial charge in [0.25, 0.3) is 5.56 Å². The summed E-state index contributed by atoms with van der Waals surface area (Å²) in [6, 6.07) is 0. The number of hydrogen-bond acceptors (Lipinski definition) is 1. The van der Waals surface area contributed by atoms with Crippen molar-refractivity contribution in [3.63, 3.8) is 0 Å². The first kappa shape index (κ1) is 31.1. The third-order valence-electron chi connectivity index (χ3n) is 3.59. The summed E-state index contributed by atoms with van der Waals surface area (Å²) in [6.45, 7) is 27.4. The average molecular weight is 398 g/mol. The second-order valence-corrected chi connectivity index (χ2v) is 4.86. The lowest BCUT2D eigenvalue weighted by atomic mass is 10.1. The van der Waals surface area contributed by atoms with Gasteiger partial charge in [0.2, 0.25) is 0 Å². The van der Waals surface area contributed by atoms with Crippen LogP contribution in [0.2, 0.25) is 0 Å². The van der Waals surface area contributed by atoms with Gasteiger partial charge in [-0.15, -0.1) is 0 Å². The lowest BCUT2D eigenvalue weighted by molar-refractivity contribution is 0.942. The van der Waals surface area contributed by atoms with Crippen LogP contribution in [0.5, 0.6) is 0 Å². The van der Waals surface area contributed by atoms with Crippen LogP contribution in [0.3, 0.4) is 0 Å². The summed E-state index contributed by atoms with van der Waals surface area (Å²) in [7, 11) is 0. The maximum Gasteiger partial charge on any atom is 0.263 e. The molecular weight excluding hydrogens is 354 g/mol. The number of nitrogens with zero attached hydrogens (tertiary/aromatic N) is 1. The Kier molecular flexibility index (Phi) is 21.6. The Morgan fingerprint density at radius 2 is 1.31 bits per heavy atom. The van der Waals surface area contributed by atoms with Gasteiger partial charge < -0.3 is 0 Å². The SMILES string of the molecule is C=C/C=c1c(=O)n(/C(C=C)=C/C=C\C)c(=C/C)/c(=C\C)c/1=C/C.CC.CC.CC. The highest BCUT2D eigenvalue weighted by Crippen LogP contribution is 1.98. The number of pyridine rings is 1. The van der Waals surface area contributed by atoms with E-state index in [9.17, 15) is 4.79 Å². The molecule has 0 atom stereocenters. The topological polar surface area (TPSA) is 22.0 Å². The van der Waals surface area contributed by atoms with Crippen LogP contribution in [0, 0.1) is 0 Å². The monoisotopic (exact) mass is 397 g/mol. The summed E-state index contributed by atoms with van der Waals surface area (Å²) in [4.78, 5) is 13.1. The van der Waals surface area contributed by atoms with Crippen molar-refractivity contribution in [3.8, 4) is 0 Å². The molecule has 0 saturated carbocycles. The maximum absolute atomic E-state index is 13.1. The van der Waals surface area contributed by atoms with Crippen LogP contribution in [0.25, 0.3) is 30.0 Å². The Morgan fingerprint density at radius 1 is 0.793 bits per heavy atom. The van der Waals surface area contributed by atoms with E-state index >= 15 is 0 Å². The highest BCUT2D eigenvalue weighted by Gasteiger charge is 2.06. The van der Waals surface area contributed by atoms with Crippen LogP contribution in [-0.2, 0) is 0 Å². The van der Waals surface area contributed by atoms with Gasteiger partial charge in [-0.1, -0.05) is 91.2 Å². The van der Waals surface area contributed by atoms with Crippen LogP contribution >= 0.6 is 0 Å². The van der Waals surface area contributed by atoms with E-state index in [-0.39, 0.29) is 5.56 Å². The fourth-order valence-electron chi connectivity index (χ4n) is 2.61. The second-order valence-electron chi connectivity index (χ2n) is 4.86. The molecule has 29 heavy (non-hydrogen) atoms. The minimum atomic E-state index is -0.0765. The molecule has 1 aromatic rings. The largest absolute Gasteiger partial charge is 0.277 e. The molecule has 0 amide bonds. The van der Waals surface area contributed by atoms with E-state index in [0.29, 0.717) is 5.22 Å². The van der Waals surface area contributed by atoms with Crippen LogP contribution in [0.1, 0.15) is 69.2 Å². The van der Waals surface area contributed by atoms with Gasteiger partial charge in [-0.3, -0.25) is 9.36 Å². The molecule has 0 unspecified atom stereocenters. The van der Waals surface area contributed by atoms with Crippen molar-refractivity contribution in [2.75, 3.05) is 0 Å². The number of hydrogen-bond donors (Lipinski definition) is 0. The smallest absolute Gasteiger partial charge is 0.263 e. The lowest BCUT2D eigenvalue weighted by Crippen LogP contribution is -2.61. The molecule has 0 N–H and O–H groups in total. The van der Waals surface area contributed by atoms with Crippen LogP contribution in [-0.4, -0.2) is 4.57 Å². The van der Waals surface area contributed by atoms with Crippen molar-refractivity contribution in [2.24, 2.45) is 0 Å². The van der Waals surface area contributed by atoms with Gasteiger partial charge in [-0.25, -0.2) is 0 Å². The molecule has 0 aliphatic heterocycles. The summed E-state index contributed by atoms with van der Waals surface area (Å²) >= 11 is 0. The maximum atomic E-state index is 13.1. The highest BCUT2D eigenvalue weighted by atomic mass is 16.1. The zero-order valence-electron chi connectivity index (χ0n) is 20.5. The Bertz CT molecular complexity index is 952. The quantitative estimate of drug-likeness (QED) is 0.663. The third-order valence-corrected chi connectivity index (χ3v) is 3.59. The molecule has 1 heterocycles. The van der Waals surface area contributed by atoms with Gasteiger partial charge in [-0.2, -0.15) is 0 Å². The van der Waals surface area contributed by atoms with E-state index in [0.717, 1.165) is 21.5 Å². The predicted molar refractivity (Wildman–Crippen MR) is 138 cm³/mol. The van der Waals surface area contributed by atoms with Gasteiger partial charge in [0.05, 0.1) is 5.35 Å². The molecule has 1 rings (SSSR count). The number of allylic oxidation sites excluding steroid dienone is 6. The molecule has 0 fully saturated rings. The van der Waals surface area contributed by atoms with Crippen LogP contribution in [0.4, 0.5) is 0 Å². The van der Waals surface area contributed by atoms with Crippen LogP contribution < -0.4 is 26.6 Å². The van der Waals surface area contributed by atoms with Crippen molar-refractivity contribution >= 4 is 30.0 Å². The van der Waals surface area contributed by atoms with Gasteiger partial charge in [0, 0.05) is 16.1 Å². The van der Waals surface area contributed by atoms with Crippen molar-refractivity contribution < 1.29 is 0 Å². The average Bonchev–Trinajstić information content (AvgIpc) is 2.80. The number of rotatable bonds is 4. The molecular formula is C27H43NO. The summed E-state index contributed by atoms with van der Waals surface area (Å²) in [6.07, 6.45) is 16.7. The molecule has 0 bridgehead atoms. The Balaban J connectivity index is -0.00000103. The molecule has 0 spiro atoms. The van der Waals surface area contributed by atoms with Crippen molar-refractivity contribution in [1.29, 1.82) is 0 Å². The van der Waals surface area contributed by atoms with Crippen molar-refractivity contribution in [1.82, 2.24) is 4.57 Å². The third kappa shape index (κ3) is 8.51. The van der Waals surface area contributed by atoms with E-state index in [4.69, 9.17) is 0 Å². The molecule has 2 nitrogen and oxygen atoms in total. The van der Waals surface area contributed by atoms with Crippen molar-refractivity contribution in [3.05, 3.63) is 74.9 Å². The van der Waals surface area contributed by atoms with E-state index in [1.54, 1.807) is 22.8 Å². The summed E-state index contributed by atoms with van der Waals surface area (Å²) in [5.74, 6) is 0. The number of aromatic nitrogens is 1. The predicted octanol–water partition coefficient (Wildman–Crippen LogP) is 4.90. The first-order valence-corrected chi connectivity index (χ1v) is 10.7. The summed E-state index contributed by atoms with van der Waals surface area (Å²) in [5, 5.41) is 3.45. The van der Waals surface area contributed by atoms with Gasteiger partial charge >= 0.3 is 0 Å². The summed E-state index contributed by atoms with van der Waals surface area (Å²) in [5.41, 5.74) is 0.665. The Hall–Kier alpha value is -2.61. The normalized spacial score (nSPS) is 13.1. The lowest BCUT2D eigenvalue weighted by Gasteiger charge is -2.10. The molecule has 0 radical (unpaired) electrons. The van der Waals surface area contributed by atoms with Crippen molar-refractivity contribution in [2.45, 2.75) is 69.2 Å².